The summed E-state index contributed by atoms with van der Waals surface area (Å²) in [7, 11) is 0. The molecule has 0 aromatic heterocycles. The van der Waals surface area contributed by atoms with Gasteiger partial charge in [-0.3, -0.25) is 4.79 Å². The minimum Gasteiger partial charge on any atom is -0.294 e. The van der Waals surface area contributed by atoms with E-state index in [0.717, 1.165) is 13.0 Å². The fraction of sp³-hybridized carbons (Fsp3) is 0.200. The topological polar surface area (TPSA) is 40.9 Å². The van der Waals surface area contributed by atoms with Gasteiger partial charge in [-0.05, 0) is 41.6 Å². The molecule has 0 bridgehead atoms. The van der Waals surface area contributed by atoms with Crippen molar-refractivity contribution in [2.75, 3.05) is 0 Å². The maximum absolute atomic E-state index is 12.7. The zero-order valence-corrected chi connectivity index (χ0v) is 10.2. The van der Waals surface area contributed by atoms with Gasteiger partial charge in [0.25, 0.3) is 0 Å². The number of ketones is 1. The first-order valence-corrected chi connectivity index (χ1v) is 5.17. The fourth-order valence-corrected chi connectivity index (χ4v) is 1.84. The first-order chi connectivity index (χ1) is 7.29. The van der Waals surface area contributed by atoms with Crippen molar-refractivity contribution in [2.45, 2.75) is 13.1 Å². The van der Waals surface area contributed by atoms with E-state index in [1.165, 1.54) is 12.1 Å². The van der Waals surface area contributed by atoms with Gasteiger partial charge in [0, 0.05) is 9.13 Å². The molecule has 0 aliphatic heterocycles. The van der Waals surface area contributed by atoms with Crippen LogP contribution in [0, 0.1) is 14.9 Å². The average molecular weight is 339 g/mol. The zero-order chi connectivity index (χ0) is 12.5. The molecule has 1 aromatic carbocycles. The van der Waals surface area contributed by atoms with E-state index in [9.17, 15) is 18.0 Å². The Kier molecular flexibility index (Phi) is 3.57. The van der Waals surface area contributed by atoms with E-state index in [-0.39, 0.29) is 3.57 Å². The van der Waals surface area contributed by atoms with Crippen LogP contribution in [0.1, 0.15) is 28.4 Å². The molecule has 0 saturated carbocycles. The molecule has 6 heteroatoms. The van der Waals surface area contributed by atoms with Crippen molar-refractivity contribution in [1.82, 2.24) is 0 Å². The van der Waals surface area contributed by atoms with Gasteiger partial charge in [-0.2, -0.15) is 18.4 Å². The lowest BCUT2D eigenvalue weighted by atomic mass is 9.99. The Hall–Kier alpha value is -1.10. The molecule has 84 valence electrons. The number of benzene rings is 1. The second kappa shape index (κ2) is 4.41. The van der Waals surface area contributed by atoms with Gasteiger partial charge in [0.05, 0.1) is 11.1 Å². The van der Waals surface area contributed by atoms with E-state index < -0.39 is 28.6 Å². The second-order valence-corrected chi connectivity index (χ2v) is 4.17. The summed E-state index contributed by atoms with van der Waals surface area (Å²) in [5, 5.41) is 8.70. The van der Waals surface area contributed by atoms with Crippen LogP contribution < -0.4 is 0 Å². The number of Topliss-reactive ketones (excluding diaryl/α,β-unsaturated/α-hetero) is 1. The molecule has 0 spiro atoms. The van der Waals surface area contributed by atoms with Crippen LogP contribution in [0.5, 0.6) is 0 Å². The van der Waals surface area contributed by atoms with Crippen molar-refractivity contribution < 1.29 is 18.0 Å². The predicted molar refractivity (Wildman–Crippen MR) is 58.9 cm³/mol. The lowest BCUT2D eigenvalue weighted by molar-refractivity contribution is -0.138. The summed E-state index contributed by atoms with van der Waals surface area (Å²) < 4.78 is 38.4. The van der Waals surface area contributed by atoms with E-state index in [2.05, 4.69) is 0 Å². The number of halogens is 4. The molecule has 0 unspecified atom stereocenters. The largest absolute Gasteiger partial charge is 0.418 e. The number of carbonyl (C=O) groups is 1. The summed E-state index contributed by atoms with van der Waals surface area (Å²) in [6, 6.07) is 3.90. The van der Waals surface area contributed by atoms with Crippen LogP contribution in [0.2, 0.25) is 0 Å². The molecule has 0 N–H and O–H groups in total. The van der Waals surface area contributed by atoms with Crippen molar-refractivity contribution in [3.8, 4) is 6.07 Å². The van der Waals surface area contributed by atoms with E-state index in [1.807, 2.05) is 0 Å². The molecule has 0 aliphatic carbocycles. The van der Waals surface area contributed by atoms with Gasteiger partial charge in [-0.1, -0.05) is 0 Å². The standard InChI is InChI=1S/C10H5F3INO/c1-5(16)6-2-3-8(14)7(4-15)9(6)10(11,12)13/h2-3H,1H3. The van der Waals surface area contributed by atoms with Crippen molar-refractivity contribution >= 4 is 28.4 Å². The van der Waals surface area contributed by atoms with Gasteiger partial charge in [-0.15, -0.1) is 0 Å². The summed E-state index contributed by atoms with van der Waals surface area (Å²) in [4.78, 5) is 11.1. The molecule has 16 heavy (non-hydrogen) atoms. The molecule has 1 aromatic rings. The molecular weight excluding hydrogens is 334 g/mol. The molecule has 1 rings (SSSR count). The van der Waals surface area contributed by atoms with Gasteiger partial charge in [0.2, 0.25) is 0 Å². The van der Waals surface area contributed by atoms with Gasteiger partial charge >= 0.3 is 6.18 Å². The molecule has 0 radical (unpaired) electrons. The van der Waals surface area contributed by atoms with Crippen molar-refractivity contribution in [3.05, 3.63) is 32.4 Å². The number of nitrogens with zero attached hydrogens (tertiary/aromatic N) is 1. The fourth-order valence-electron chi connectivity index (χ4n) is 1.27. The molecule has 0 heterocycles. The normalized spacial score (nSPS) is 11.0. The highest BCUT2D eigenvalue weighted by atomic mass is 127. The Morgan fingerprint density at radius 1 is 1.44 bits per heavy atom. The first kappa shape index (κ1) is 13.0. The van der Waals surface area contributed by atoms with Crippen LogP contribution in [-0.4, -0.2) is 5.78 Å². The lowest BCUT2D eigenvalue weighted by Crippen LogP contribution is -2.15. The highest BCUT2D eigenvalue weighted by molar-refractivity contribution is 14.1. The van der Waals surface area contributed by atoms with Crippen LogP contribution in [0.3, 0.4) is 0 Å². The quantitative estimate of drug-likeness (QED) is 0.581. The number of alkyl halides is 3. The van der Waals surface area contributed by atoms with Crippen molar-refractivity contribution in [3.63, 3.8) is 0 Å². The Morgan fingerprint density at radius 2 is 2.00 bits per heavy atom. The number of carbonyl (C=O) groups excluding carboxylic acids is 1. The zero-order valence-electron chi connectivity index (χ0n) is 8.02. The third kappa shape index (κ3) is 2.35. The van der Waals surface area contributed by atoms with Gasteiger partial charge in [-0.25, -0.2) is 0 Å². The molecular formula is C10H5F3INO. The molecule has 0 amide bonds. The van der Waals surface area contributed by atoms with Crippen LogP contribution in [0.4, 0.5) is 13.2 Å². The average Bonchev–Trinajstić information content (AvgIpc) is 2.15. The third-order valence-corrected chi connectivity index (χ3v) is 2.83. The summed E-state index contributed by atoms with van der Waals surface area (Å²) in [6.07, 6.45) is -4.70. The second-order valence-electron chi connectivity index (χ2n) is 3.01. The smallest absolute Gasteiger partial charge is 0.294 e. The van der Waals surface area contributed by atoms with E-state index in [4.69, 9.17) is 5.26 Å². The summed E-state index contributed by atoms with van der Waals surface area (Å²) in [5.74, 6) is -0.708. The lowest BCUT2D eigenvalue weighted by Gasteiger charge is -2.13. The number of rotatable bonds is 1. The van der Waals surface area contributed by atoms with Gasteiger partial charge < -0.3 is 0 Å². The van der Waals surface area contributed by atoms with Crippen LogP contribution in [-0.2, 0) is 6.18 Å². The Bertz CT molecular complexity index is 488. The van der Waals surface area contributed by atoms with E-state index in [1.54, 1.807) is 22.6 Å². The van der Waals surface area contributed by atoms with E-state index in [0.29, 0.717) is 0 Å². The Balaban J connectivity index is 3.70. The van der Waals surface area contributed by atoms with Gasteiger partial charge in [0.1, 0.15) is 6.07 Å². The number of hydrogen-bond acceptors (Lipinski definition) is 2. The van der Waals surface area contributed by atoms with Crippen LogP contribution in [0.25, 0.3) is 0 Å². The van der Waals surface area contributed by atoms with Crippen LogP contribution >= 0.6 is 22.6 Å². The highest BCUT2D eigenvalue weighted by Crippen LogP contribution is 2.36. The number of nitriles is 1. The van der Waals surface area contributed by atoms with Gasteiger partial charge in [0.15, 0.2) is 5.78 Å². The Morgan fingerprint density at radius 3 is 2.38 bits per heavy atom. The van der Waals surface area contributed by atoms with Crippen molar-refractivity contribution in [1.29, 1.82) is 5.26 Å². The summed E-state index contributed by atoms with van der Waals surface area (Å²) in [6.45, 7) is 1.04. The minimum absolute atomic E-state index is 0.178. The third-order valence-electron chi connectivity index (χ3n) is 1.93. The molecule has 0 saturated heterocycles. The molecule has 0 fully saturated rings. The molecule has 0 atom stereocenters. The maximum Gasteiger partial charge on any atom is 0.418 e. The minimum atomic E-state index is -4.70. The van der Waals surface area contributed by atoms with Crippen LogP contribution in [0.15, 0.2) is 12.1 Å². The maximum atomic E-state index is 12.7. The number of hydrogen-bond donors (Lipinski definition) is 0. The monoisotopic (exact) mass is 339 g/mol. The highest BCUT2D eigenvalue weighted by Gasteiger charge is 2.38. The summed E-state index contributed by atoms with van der Waals surface area (Å²) >= 11 is 1.63. The molecule has 0 aliphatic rings. The SMILES string of the molecule is CC(=O)c1ccc(I)c(C#N)c1C(F)(F)F. The van der Waals surface area contributed by atoms with E-state index >= 15 is 0 Å². The predicted octanol–water partition coefficient (Wildman–Crippen LogP) is 3.38. The van der Waals surface area contributed by atoms with Crippen molar-refractivity contribution in [2.24, 2.45) is 0 Å². The Labute approximate surface area is 103 Å². The first-order valence-electron chi connectivity index (χ1n) is 4.09. The summed E-state index contributed by atoms with van der Waals surface area (Å²) in [5.41, 5.74) is -2.11. The molecule has 2 nitrogen and oxygen atoms in total.